The van der Waals surface area contributed by atoms with Gasteiger partial charge < -0.3 is 20.4 Å². The number of hydrogen-bond donors (Lipinski definition) is 6. The molecule has 0 aromatic heterocycles. The van der Waals surface area contributed by atoms with E-state index in [4.69, 9.17) is 0 Å². The summed E-state index contributed by atoms with van der Waals surface area (Å²) < 4.78 is 0. The number of carbonyl (C=O) groups excluding carboxylic acids is 2. The molecule has 42 heavy (non-hydrogen) atoms. The van der Waals surface area contributed by atoms with Crippen LogP contribution in [-0.4, -0.2) is 38.2 Å². The number of carboxylic acid groups (broad SMARTS) is 1. The molecule has 9 nitrogen and oxygen atoms in total. The quantitative estimate of drug-likeness (QED) is 0.102. The first-order chi connectivity index (χ1) is 20.2. The van der Waals surface area contributed by atoms with Crippen molar-refractivity contribution in [3.8, 4) is 17.2 Å². The van der Waals surface area contributed by atoms with E-state index < -0.39 is 29.5 Å². The minimum atomic E-state index is -1.32. The van der Waals surface area contributed by atoms with Crippen molar-refractivity contribution in [1.29, 1.82) is 0 Å². The maximum atomic E-state index is 13.0. The zero-order valence-electron chi connectivity index (χ0n) is 23.7. The van der Waals surface area contributed by atoms with Crippen molar-refractivity contribution >= 4 is 29.9 Å². The third kappa shape index (κ3) is 8.86. The summed E-state index contributed by atoms with van der Waals surface area (Å²) in [6.45, 7) is 2.14. The smallest absolute Gasteiger partial charge is 0.316 e. The van der Waals surface area contributed by atoms with Crippen LogP contribution in [-0.2, 0) is 9.59 Å². The predicted octanol–water partition coefficient (Wildman–Crippen LogP) is 4.06. The van der Waals surface area contributed by atoms with Gasteiger partial charge in [0.05, 0.1) is 5.56 Å². The molecular formula is C33H38N2O7. The van der Waals surface area contributed by atoms with Gasteiger partial charge in [0.1, 0.15) is 23.2 Å². The number of amides is 2. The first kappa shape index (κ1) is 31.7. The van der Waals surface area contributed by atoms with Crippen molar-refractivity contribution in [2.75, 3.05) is 0 Å². The molecule has 0 radical (unpaired) electrons. The molecule has 2 amide bonds. The van der Waals surface area contributed by atoms with Crippen LogP contribution in [0.15, 0.2) is 60.7 Å². The van der Waals surface area contributed by atoms with Gasteiger partial charge in [-0.15, -0.1) is 0 Å². The molecule has 6 N–H and O–H groups in total. The molecule has 0 fully saturated rings. The molecule has 0 spiro atoms. The highest BCUT2D eigenvalue weighted by atomic mass is 16.4. The second kappa shape index (κ2) is 15.9. The number of hydrogen-bond acceptors (Lipinski definition) is 6. The second-order valence-corrected chi connectivity index (χ2v) is 10.1. The molecule has 1 atom stereocenters. The van der Waals surface area contributed by atoms with Gasteiger partial charge in [-0.25, -0.2) is 0 Å². The number of phenols is 3. The molecule has 0 saturated heterocycles. The lowest BCUT2D eigenvalue weighted by atomic mass is 9.99. The van der Waals surface area contributed by atoms with E-state index in [9.17, 15) is 34.8 Å². The first-order valence-electron chi connectivity index (χ1n) is 14.2. The number of aliphatic carboxylic acids is 1. The van der Waals surface area contributed by atoms with Crippen LogP contribution in [0.5, 0.6) is 17.2 Å². The van der Waals surface area contributed by atoms with Crippen LogP contribution in [0.2, 0.25) is 0 Å². The van der Waals surface area contributed by atoms with Crippen molar-refractivity contribution < 1.29 is 34.8 Å². The number of carbonyl (C=O) groups is 3. The van der Waals surface area contributed by atoms with Gasteiger partial charge in [0.2, 0.25) is 0 Å². The van der Waals surface area contributed by atoms with Crippen LogP contribution >= 0.6 is 0 Å². The molecular weight excluding hydrogens is 536 g/mol. The van der Waals surface area contributed by atoms with Gasteiger partial charge in [0.15, 0.2) is 0 Å². The Morgan fingerprint density at radius 2 is 1.31 bits per heavy atom. The molecule has 1 unspecified atom stereocenters. The average molecular weight is 575 g/mol. The lowest BCUT2D eigenvalue weighted by Crippen LogP contribution is -2.46. The largest absolute Gasteiger partial charge is 0.507 e. The minimum Gasteiger partial charge on any atom is -0.507 e. The van der Waals surface area contributed by atoms with Crippen molar-refractivity contribution in [2.24, 2.45) is 5.92 Å². The van der Waals surface area contributed by atoms with Crippen molar-refractivity contribution in [1.82, 2.24) is 10.9 Å². The highest BCUT2D eigenvalue weighted by Gasteiger charge is 2.26. The van der Waals surface area contributed by atoms with E-state index in [2.05, 4.69) is 17.8 Å². The average Bonchev–Trinajstić information content (AvgIpc) is 2.97. The summed E-state index contributed by atoms with van der Waals surface area (Å²) >= 11 is 0. The van der Waals surface area contributed by atoms with E-state index in [0.717, 1.165) is 32.1 Å². The summed E-state index contributed by atoms with van der Waals surface area (Å²) in [6, 6.07) is 15.9. The zero-order chi connectivity index (χ0) is 30.5. The number of phenolic OH excluding ortho intramolecular Hbond substituents is 3. The maximum absolute atomic E-state index is 13.0. The first-order valence-corrected chi connectivity index (χ1v) is 14.2. The monoisotopic (exact) mass is 574 g/mol. The Morgan fingerprint density at radius 1 is 0.738 bits per heavy atom. The summed E-state index contributed by atoms with van der Waals surface area (Å²) in [5.41, 5.74) is 5.03. The lowest BCUT2D eigenvalue weighted by molar-refractivity contribution is -0.147. The summed E-state index contributed by atoms with van der Waals surface area (Å²) in [4.78, 5) is 37.3. The highest BCUT2D eigenvalue weighted by Crippen LogP contribution is 2.19. The van der Waals surface area contributed by atoms with Crippen LogP contribution in [0.3, 0.4) is 0 Å². The van der Waals surface area contributed by atoms with Gasteiger partial charge in [-0.3, -0.25) is 25.2 Å². The van der Waals surface area contributed by atoms with Crippen molar-refractivity contribution in [3.63, 3.8) is 0 Å². The topological polar surface area (TPSA) is 156 Å². The molecule has 0 saturated carbocycles. The Bertz CT molecular complexity index is 1520. The maximum Gasteiger partial charge on any atom is 0.316 e. The molecule has 0 aliphatic carbocycles. The SMILES string of the molecule is CCCCCCCCCC(C(=O)O)C(=O)NNC(=O)c1ccc(=Cc2ccccc2O)c(=Cc2ccccc2O)c1O. The molecule has 3 aromatic rings. The fraction of sp³-hybridized carbons (Fsp3) is 0.303. The van der Waals surface area contributed by atoms with Gasteiger partial charge in [-0.1, -0.05) is 94.3 Å². The van der Waals surface area contributed by atoms with E-state index in [1.54, 1.807) is 48.5 Å². The molecule has 0 heterocycles. The van der Waals surface area contributed by atoms with Crippen LogP contribution in [0, 0.1) is 5.92 Å². The highest BCUT2D eigenvalue weighted by molar-refractivity contribution is 6.01. The van der Waals surface area contributed by atoms with E-state index >= 15 is 0 Å². The van der Waals surface area contributed by atoms with Crippen molar-refractivity contribution in [2.45, 2.75) is 58.3 Å². The molecule has 0 aliphatic heterocycles. The Morgan fingerprint density at radius 3 is 1.90 bits per heavy atom. The van der Waals surface area contributed by atoms with E-state index in [-0.39, 0.29) is 28.7 Å². The zero-order valence-corrected chi connectivity index (χ0v) is 23.7. The summed E-state index contributed by atoms with van der Waals surface area (Å²) in [5.74, 6) is -4.79. The molecule has 0 aliphatic rings. The molecule has 3 rings (SSSR count). The number of nitrogens with one attached hydrogen (secondary N) is 2. The summed E-state index contributed by atoms with van der Waals surface area (Å²) in [5, 5.41) is 41.9. The van der Waals surface area contributed by atoms with Gasteiger partial charge in [0.25, 0.3) is 11.8 Å². The second-order valence-electron chi connectivity index (χ2n) is 10.1. The molecule has 3 aromatic carbocycles. The molecule has 9 heteroatoms. The Labute approximate surface area is 244 Å². The third-order valence-electron chi connectivity index (χ3n) is 6.99. The number of unbranched alkanes of at least 4 members (excludes halogenated alkanes) is 6. The fourth-order valence-electron chi connectivity index (χ4n) is 4.57. The van der Waals surface area contributed by atoms with Crippen LogP contribution in [0.25, 0.3) is 12.2 Å². The predicted molar refractivity (Wildman–Crippen MR) is 160 cm³/mol. The van der Waals surface area contributed by atoms with Gasteiger partial charge in [0, 0.05) is 16.3 Å². The van der Waals surface area contributed by atoms with Gasteiger partial charge in [-0.2, -0.15) is 0 Å². The van der Waals surface area contributed by atoms with Crippen molar-refractivity contribution in [3.05, 3.63) is 87.8 Å². The Kier molecular flexibility index (Phi) is 12.0. The standard InChI is InChI=1S/C33H38N2O7/c1-2-3-4-5-6-7-8-15-26(33(41)42)32(40)35-34-31(39)25-19-18-22(20-23-13-9-11-16-28(23)36)27(30(25)38)21-24-14-10-12-17-29(24)37/h9-14,16-21,26,36-38H,2-8,15H2,1H3,(H,34,39)(H,35,40)(H,41,42). The van der Waals surface area contributed by atoms with Gasteiger partial charge >= 0.3 is 5.97 Å². The number of hydrazine groups is 1. The number of para-hydroxylation sites is 2. The van der Waals surface area contributed by atoms with Gasteiger partial charge in [-0.05, 0) is 42.0 Å². The summed E-state index contributed by atoms with van der Waals surface area (Å²) in [6.07, 6.45) is 10.1. The lowest BCUT2D eigenvalue weighted by Gasteiger charge is -2.14. The number of aromatic hydroxyl groups is 3. The molecule has 222 valence electrons. The minimum absolute atomic E-state index is 0.0134. The van der Waals surface area contributed by atoms with Crippen LogP contribution in [0.4, 0.5) is 0 Å². The fourth-order valence-corrected chi connectivity index (χ4v) is 4.57. The molecule has 0 bridgehead atoms. The third-order valence-corrected chi connectivity index (χ3v) is 6.99. The Balaban J connectivity index is 1.82. The van der Waals surface area contributed by atoms with E-state index in [1.165, 1.54) is 30.7 Å². The van der Waals surface area contributed by atoms with E-state index in [1.807, 2.05) is 0 Å². The number of benzene rings is 3. The van der Waals surface area contributed by atoms with Crippen LogP contribution < -0.4 is 21.3 Å². The summed E-state index contributed by atoms with van der Waals surface area (Å²) in [7, 11) is 0. The number of rotatable bonds is 13. The normalized spacial score (nSPS) is 12.6. The Hall–Kier alpha value is -4.79. The van der Waals surface area contributed by atoms with Crippen LogP contribution in [0.1, 0.15) is 79.8 Å². The van der Waals surface area contributed by atoms with E-state index in [0.29, 0.717) is 22.8 Å². The number of carboxylic acids is 1.